The van der Waals surface area contributed by atoms with Gasteiger partial charge in [-0.15, -0.1) is 0 Å². The Morgan fingerprint density at radius 1 is 1.00 bits per heavy atom. The first-order valence-electron chi connectivity index (χ1n) is 10.5. The second kappa shape index (κ2) is 8.52. The third-order valence-corrected chi connectivity index (χ3v) is 5.60. The number of allylic oxidation sites excluding steroid dienone is 2. The number of nitrogens with one attached hydrogen (secondary N) is 1. The number of aromatic nitrogens is 2. The van der Waals surface area contributed by atoms with Gasteiger partial charge in [0.25, 0.3) is 0 Å². The van der Waals surface area contributed by atoms with Gasteiger partial charge in [0, 0.05) is 22.7 Å². The fourth-order valence-corrected chi connectivity index (χ4v) is 4.00. The maximum absolute atomic E-state index is 9.00. The van der Waals surface area contributed by atoms with Gasteiger partial charge in [0.15, 0.2) is 0 Å². The molecule has 0 amide bonds. The van der Waals surface area contributed by atoms with Gasteiger partial charge in [-0.2, -0.15) is 10.2 Å². The van der Waals surface area contributed by atoms with E-state index in [0.717, 1.165) is 50.0 Å². The molecule has 5 heteroatoms. The molecule has 4 aromatic rings. The van der Waals surface area contributed by atoms with Crippen molar-refractivity contribution in [3.63, 3.8) is 0 Å². The third kappa shape index (κ3) is 4.03. The molecule has 0 aliphatic heterocycles. The highest BCUT2D eigenvalue weighted by atomic mass is 15.1. The average molecular weight is 420 g/mol. The van der Waals surface area contributed by atoms with Gasteiger partial charge in [-0.05, 0) is 73.7 Å². The Bertz CT molecular complexity index is 1370. The van der Waals surface area contributed by atoms with E-state index >= 15 is 0 Å². The van der Waals surface area contributed by atoms with E-state index in [9.17, 15) is 0 Å². The van der Waals surface area contributed by atoms with Crippen LogP contribution in [0.2, 0.25) is 0 Å². The number of anilines is 3. The van der Waals surface area contributed by atoms with Gasteiger partial charge in [0.1, 0.15) is 5.82 Å². The molecule has 0 atom stereocenters. The van der Waals surface area contributed by atoms with Crippen LogP contribution >= 0.6 is 0 Å². The number of nitriles is 1. The normalized spacial score (nSPS) is 11.4. The Morgan fingerprint density at radius 3 is 2.34 bits per heavy atom. The second-order valence-electron chi connectivity index (χ2n) is 8.07. The number of para-hydroxylation sites is 1. The summed E-state index contributed by atoms with van der Waals surface area (Å²) in [5, 5.41) is 13.1. The second-order valence-corrected chi connectivity index (χ2v) is 8.07. The molecular formula is C27H25N5. The van der Waals surface area contributed by atoms with E-state index in [2.05, 4.69) is 48.4 Å². The number of nitrogens with zero attached hydrogens (tertiary/aromatic N) is 3. The summed E-state index contributed by atoms with van der Waals surface area (Å²) in [4.78, 5) is 9.32. The zero-order chi connectivity index (χ0) is 22.8. The van der Waals surface area contributed by atoms with E-state index in [1.165, 1.54) is 5.56 Å². The number of fused-ring (bicyclic) bond motifs is 1. The van der Waals surface area contributed by atoms with Crippen molar-refractivity contribution in [1.82, 2.24) is 9.97 Å². The molecule has 0 spiro atoms. The van der Waals surface area contributed by atoms with Crippen LogP contribution in [0.15, 0.2) is 60.7 Å². The summed E-state index contributed by atoms with van der Waals surface area (Å²) in [6, 6.07) is 20.4. The first-order valence-corrected chi connectivity index (χ1v) is 10.5. The number of hydrogen-bond donors (Lipinski definition) is 2. The molecule has 0 radical (unpaired) electrons. The fraction of sp³-hybridized carbons (Fsp3) is 0.148. The molecule has 4 rings (SSSR count). The predicted octanol–water partition coefficient (Wildman–Crippen LogP) is 6.47. The van der Waals surface area contributed by atoms with Gasteiger partial charge in [-0.1, -0.05) is 42.0 Å². The van der Waals surface area contributed by atoms with Crippen molar-refractivity contribution < 1.29 is 0 Å². The molecule has 1 aromatic heterocycles. The van der Waals surface area contributed by atoms with E-state index in [-0.39, 0.29) is 0 Å². The first kappa shape index (κ1) is 21.1. The van der Waals surface area contributed by atoms with Crippen molar-refractivity contribution in [2.45, 2.75) is 27.7 Å². The Hall–Kier alpha value is -4.17. The van der Waals surface area contributed by atoms with Gasteiger partial charge >= 0.3 is 0 Å². The average Bonchev–Trinajstić information content (AvgIpc) is 2.75. The summed E-state index contributed by atoms with van der Waals surface area (Å²) in [6.45, 7) is 8.17. The number of rotatable bonds is 4. The molecule has 3 N–H and O–H groups in total. The van der Waals surface area contributed by atoms with Crippen LogP contribution in [0.4, 0.5) is 17.5 Å². The van der Waals surface area contributed by atoms with Gasteiger partial charge < -0.3 is 11.1 Å². The number of benzene rings is 3. The van der Waals surface area contributed by atoms with Crippen LogP contribution in [0.5, 0.6) is 0 Å². The van der Waals surface area contributed by atoms with Crippen molar-refractivity contribution >= 4 is 33.9 Å². The van der Waals surface area contributed by atoms with E-state index in [1.807, 2.05) is 50.2 Å². The minimum absolute atomic E-state index is 0.436. The quantitative estimate of drug-likeness (QED) is 0.370. The lowest BCUT2D eigenvalue weighted by Crippen LogP contribution is -2.03. The molecule has 0 saturated heterocycles. The highest BCUT2D eigenvalue weighted by Crippen LogP contribution is 2.36. The predicted molar refractivity (Wildman–Crippen MR) is 133 cm³/mol. The summed E-state index contributed by atoms with van der Waals surface area (Å²) in [5.41, 5.74) is 15.6. The molecular weight excluding hydrogens is 394 g/mol. The smallest absolute Gasteiger partial charge is 0.229 e. The van der Waals surface area contributed by atoms with Crippen molar-refractivity contribution in [3.05, 3.63) is 82.9 Å². The maximum Gasteiger partial charge on any atom is 0.229 e. The Labute approximate surface area is 188 Å². The SMILES string of the molecule is C/C(=C\C#N)c1cc(C)c(-c2cccc3c(N)nc(Nc4ccc(C)cc4)nc23)c(C)c1. The van der Waals surface area contributed by atoms with Crippen LogP contribution < -0.4 is 11.1 Å². The standard InChI is InChI=1S/C27H25N5/c1-16-8-10-21(11-9-16)30-27-31-25-22(6-5-7-23(25)26(29)32-27)24-18(3)14-20(15-19(24)4)17(2)12-13-28/h5-12,14-15H,1-4H3,(H3,29,30,31,32)/b17-12+. The van der Waals surface area contributed by atoms with Crippen LogP contribution in [-0.4, -0.2) is 9.97 Å². The summed E-state index contributed by atoms with van der Waals surface area (Å²) in [7, 11) is 0. The van der Waals surface area contributed by atoms with Crippen LogP contribution in [0.1, 0.15) is 29.2 Å². The zero-order valence-corrected chi connectivity index (χ0v) is 18.7. The van der Waals surface area contributed by atoms with Gasteiger partial charge in [-0.25, -0.2) is 4.98 Å². The largest absolute Gasteiger partial charge is 0.383 e. The van der Waals surface area contributed by atoms with Crippen LogP contribution in [-0.2, 0) is 0 Å². The molecule has 0 bridgehead atoms. The van der Waals surface area contributed by atoms with Crippen molar-refractivity contribution in [2.75, 3.05) is 11.1 Å². The molecule has 32 heavy (non-hydrogen) atoms. The van der Waals surface area contributed by atoms with Gasteiger partial charge in [-0.3, -0.25) is 0 Å². The monoisotopic (exact) mass is 419 g/mol. The minimum atomic E-state index is 0.436. The third-order valence-electron chi connectivity index (χ3n) is 5.60. The fourth-order valence-electron chi connectivity index (χ4n) is 4.00. The molecule has 5 nitrogen and oxygen atoms in total. The molecule has 1 heterocycles. The molecule has 0 saturated carbocycles. The summed E-state index contributed by atoms with van der Waals surface area (Å²) in [6.07, 6.45) is 1.57. The summed E-state index contributed by atoms with van der Waals surface area (Å²) < 4.78 is 0. The molecule has 3 aromatic carbocycles. The first-order chi connectivity index (χ1) is 15.4. The molecule has 0 fully saturated rings. The lowest BCUT2D eigenvalue weighted by Gasteiger charge is -2.16. The lowest BCUT2D eigenvalue weighted by molar-refractivity contribution is 1.22. The Kier molecular flexibility index (Phi) is 5.61. The van der Waals surface area contributed by atoms with Crippen LogP contribution in [0.25, 0.3) is 27.6 Å². The minimum Gasteiger partial charge on any atom is -0.383 e. The summed E-state index contributed by atoms with van der Waals surface area (Å²) in [5.74, 6) is 0.900. The van der Waals surface area contributed by atoms with Gasteiger partial charge in [0.05, 0.1) is 11.6 Å². The number of hydrogen-bond acceptors (Lipinski definition) is 5. The van der Waals surface area contributed by atoms with Crippen LogP contribution in [0.3, 0.4) is 0 Å². The molecule has 158 valence electrons. The van der Waals surface area contributed by atoms with E-state index < -0.39 is 0 Å². The van der Waals surface area contributed by atoms with E-state index in [4.69, 9.17) is 16.0 Å². The highest BCUT2D eigenvalue weighted by Gasteiger charge is 2.15. The number of nitrogens with two attached hydrogens (primary N) is 1. The van der Waals surface area contributed by atoms with E-state index in [1.54, 1.807) is 6.08 Å². The lowest BCUT2D eigenvalue weighted by atomic mass is 9.90. The maximum atomic E-state index is 9.00. The highest BCUT2D eigenvalue weighted by molar-refractivity contribution is 6.00. The topological polar surface area (TPSA) is 87.6 Å². The summed E-state index contributed by atoms with van der Waals surface area (Å²) >= 11 is 0. The molecule has 0 unspecified atom stereocenters. The Balaban J connectivity index is 1.86. The van der Waals surface area contributed by atoms with Gasteiger partial charge in [0.2, 0.25) is 5.95 Å². The van der Waals surface area contributed by atoms with Crippen molar-refractivity contribution in [3.8, 4) is 17.2 Å². The number of aryl methyl sites for hydroxylation is 3. The zero-order valence-electron chi connectivity index (χ0n) is 18.7. The van der Waals surface area contributed by atoms with Crippen molar-refractivity contribution in [1.29, 1.82) is 5.26 Å². The van der Waals surface area contributed by atoms with Crippen molar-refractivity contribution in [2.24, 2.45) is 0 Å². The number of nitrogen functional groups attached to an aromatic ring is 1. The van der Waals surface area contributed by atoms with Crippen LogP contribution in [0, 0.1) is 32.1 Å². The molecule has 0 aliphatic carbocycles. The Morgan fingerprint density at radius 2 is 1.69 bits per heavy atom. The van der Waals surface area contributed by atoms with E-state index in [0.29, 0.717) is 11.8 Å². The molecule has 0 aliphatic rings.